The second-order valence-electron chi connectivity index (χ2n) is 6.83. The summed E-state index contributed by atoms with van der Waals surface area (Å²) in [5.41, 5.74) is 10.3. The highest BCUT2D eigenvalue weighted by Crippen LogP contribution is 2.43. The maximum Gasteiger partial charge on any atom is 0.337 e. The van der Waals surface area contributed by atoms with Crippen LogP contribution in [0.3, 0.4) is 0 Å². The molecular formula is C22H23FN2O2. The molecular weight excluding hydrogens is 343 g/mol. The first-order valence-corrected chi connectivity index (χ1v) is 8.88. The summed E-state index contributed by atoms with van der Waals surface area (Å²) in [4.78, 5) is 11.5. The van der Waals surface area contributed by atoms with E-state index in [0.29, 0.717) is 28.1 Å². The van der Waals surface area contributed by atoms with E-state index in [1.54, 1.807) is 37.3 Å². The summed E-state index contributed by atoms with van der Waals surface area (Å²) >= 11 is 0. The van der Waals surface area contributed by atoms with Crippen LogP contribution in [0.4, 0.5) is 10.1 Å². The molecule has 3 rings (SSSR count). The fourth-order valence-electron chi connectivity index (χ4n) is 3.28. The van der Waals surface area contributed by atoms with Crippen molar-refractivity contribution >= 4 is 17.2 Å². The molecule has 1 aliphatic carbocycles. The van der Waals surface area contributed by atoms with Gasteiger partial charge in [-0.1, -0.05) is 24.8 Å². The van der Waals surface area contributed by atoms with Crippen molar-refractivity contribution < 1.29 is 14.3 Å². The van der Waals surface area contributed by atoms with Gasteiger partial charge >= 0.3 is 5.97 Å². The zero-order valence-electron chi connectivity index (χ0n) is 15.5. The van der Waals surface area contributed by atoms with Gasteiger partial charge in [-0.25, -0.2) is 9.18 Å². The maximum absolute atomic E-state index is 14.8. The van der Waals surface area contributed by atoms with Crippen molar-refractivity contribution in [3.05, 3.63) is 82.5 Å². The highest BCUT2D eigenvalue weighted by atomic mass is 19.1. The molecule has 140 valence electrons. The summed E-state index contributed by atoms with van der Waals surface area (Å²) in [5, 5.41) is 12.5. The maximum atomic E-state index is 14.8. The molecule has 0 saturated heterocycles. The topological polar surface area (TPSA) is 75.3 Å². The summed E-state index contributed by atoms with van der Waals surface area (Å²) in [5.74, 6) is -1.09. The molecule has 1 aliphatic heterocycles. The van der Waals surface area contributed by atoms with Crippen LogP contribution in [0.25, 0.3) is 5.57 Å². The number of hydrogen-bond acceptors (Lipinski definition) is 3. The number of aliphatic carboxylic acids is 1. The summed E-state index contributed by atoms with van der Waals surface area (Å²) in [6, 6.07) is 7.03. The van der Waals surface area contributed by atoms with Gasteiger partial charge in [0.05, 0.1) is 5.57 Å². The third-order valence-electron chi connectivity index (χ3n) is 4.88. The molecule has 0 spiro atoms. The molecule has 5 heteroatoms. The first-order valence-electron chi connectivity index (χ1n) is 8.88. The van der Waals surface area contributed by atoms with Gasteiger partial charge in [0.1, 0.15) is 5.83 Å². The standard InChI is InChI=1S/C22H23FN2O2/c1-4-19(23)20(15-7-9-16(24)10-8-15)12(2)21-18(14-5-6-14)11-17(22(26)27)13(3)25-21/h4,7-11,14,25H,3,5-6,24H2,1-2H3,(H,26,27)/b19-4+,20-12-. The Morgan fingerprint density at radius 1 is 1.33 bits per heavy atom. The molecule has 0 amide bonds. The Bertz CT molecular complexity index is 930. The smallest absolute Gasteiger partial charge is 0.337 e. The van der Waals surface area contributed by atoms with Crippen LogP contribution in [-0.2, 0) is 4.79 Å². The van der Waals surface area contributed by atoms with Crippen molar-refractivity contribution in [1.82, 2.24) is 5.32 Å². The van der Waals surface area contributed by atoms with Gasteiger partial charge in [0.15, 0.2) is 0 Å². The average Bonchev–Trinajstić information content (AvgIpc) is 3.47. The van der Waals surface area contributed by atoms with Gasteiger partial charge in [-0.2, -0.15) is 0 Å². The van der Waals surface area contributed by atoms with Gasteiger partial charge in [-0.15, -0.1) is 0 Å². The van der Waals surface area contributed by atoms with Crippen LogP contribution < -0.4 is 11.1 Å². The summed E-state index contributed by atoms with van der Waals surface area (Å²) in [6.07, 6.45) is 5.08. The van der Waals surface area contributed by atoms with E-state index >= 15 is 0 Å². The number of carbonyl (C=O) groups is 1. The predicted octanol–water partition coefficient (Wildman–Crippen LogP) is 4.71. The van der Waals surface area contributed by atoms with Crippen LogP contribution in [-0.4, -0.2) is 11.1 Å². The lowest BCUT2D eigenvalue weighted by atomic mass is 9.90. The third-order valence-corrected chi connectivity index (χ3v) is 4.88. The third kappa shape index (κ3) is 3.72. The Morgan fingerprint density at radius 2 is 1.96 bits per heavy atom. The lowest BCUT2D eigenvalue weighted by molar-refractivity contribution is -0.132. The van der Waals surface area contributed by atoms with E-state index in [4.69, 9.17) is 5.73 Å². The number of carboxylic acids is 1. The van der Waals surface area contributed by atoms with E-state index < -0.39 is 5.97 Å². The Balaban J connectivity index is 2.22. The molecule has 2 aliphatic rings. The highest BCUT2D eigenvalue weighted by Gasteiger charge is 2.33. The Morgan fingerprint density at radius 3 is 2.48 bits per heavy atom. The molecule has 0 atom stereocenters. The molecule has 1 fully saturated rings. The second-order valence-corrected chi connectivity index (χ2v) is 6.83. The van der Waals surface area contributed by atoms with Crippen molar-refractivity contribution in [2.45, 2.75) is 26.7 Å². The number of nitrogen functional groups attached to an aromatic ring is 1. The average molecular weight is 366 g/mol. The number of rotatable bonds is 5. The van der Waals surface area contributed by atoms with Crippen molar-refractivity contribution in [3.8, 4) is 0 Å². The Labute approximate surface area is 158 Å². The van der Waals surface area contributed by atoms with Gasteiger partial charge in [0, 0.05) is 22.7 Å². The summed E-state index contributed by atoms with van der Waals surface area (Å²) < 4.78 is 14.8. The quantitative estimate of drug-likeness (QED) is 0.521. The van der Waals surface area contributed by atoms with E-state index in [-0.39, 0.29) is 17.3 Å². The Hall–Kier alpha value is -3.08. The van der Waals surface area contributed by atoms with Crippen molar-refractivity contribution in [3.63, 3.8) is 0 Å². The number of halogens is 1. The van der Waals surface area contributed by atoms with E-state index in [1.165, 1.54) is 6.08 Å². The number of allylic oxidation sites excluding steroid dienone is 6. The first kappa shape index (κ1) is 18.7. The van der Waals surface area contributed by atoms with Gasteiger partial charge in [0.2, 0.25) is 0 Å². The second kappa shape index (κ2) is 7.27. The normalized spacial score (nSPS) is 18.7. The van der Waals surface area contributed by atoms with Crippen LogP contribution in [0.2, 0.25) is 0 Å². The number of nitrogens with two attached hydrogens (primary N) is 1. The SMILES string of the molecule is C=C1NC(/C(C)=C(\C(F)=C/C)c2ccc(N)cc2)=C(C2CC2)C=C1C(=O)O. The Kier molecular flexibility index (Phi) is 5.04. The fourth-order valence-corrected chi connectivity index (χ4v) is 3.28. The summed E-state index contributed by atoms with van der Waals surface area (Å²) in [6.45, 7) is 7.31. The lowest BCUT2D eigenvalue weighted by Crippen LogP contribution is -2.24. The molecule has 4 N–H and O–H groups in total. The van der Waals surface area contributed by atoms with Crippen LogP contribution >= 0.6 is 0 Å². The van der Waals surface area contributed by atoms with Gasteiger partial charge in [0.25, 0.3) is 0 Å². The predicted molar refractivity (Wildman–Crippen MR) is 106 cm³/mol. The number of carboxylic acid groups (broad SMARTS) is 1. The minimum atomic E-state index is -1.02. The van der Waals surface area contributed by atoms with Crippen LogP contribution in [0.15, 0.2) is 76.9 Å². The van der Waals surface area contributed by atoms with Crippen molar-refractivity contribution in [2.24, 2.45) is 5.92 Å². The monoisotopic (exact) mass is 366 g/mol. The number of benzene rings is 1. The molecule has 0 unspecified atom stereocenters. The minimum Gasteiger partial charge on any atom is -0.478 e. The van der Waals surface area contributed by atoms with Crippen LogP contribution in [0.1, 0.15) is 32.3 Å². The van der Waals surface area contributed by atoms with Crippen molar-refractivity contribution in [1.29, 1.82) is 0 Å². The van der Waals surface area contributed by atoms with E-state index in [2.05, 4.69) is 11.9 Å². The highest BCUT2D eigenvalue weighted by molar-refractivity contribution is 5.93. The lowest BCUT2D eigenvalue weighted by Gasteiger charge is -2.25. The molecule has 1 saturated carbocycles. The van der Waals surface area contributed by atoms with Crippen molar-refractivity contribution in [2.75, 3.05) is 5.73 Å². The van der Waals surface area contributed by atoms with E-state index in [0.717, 1.165) is 24.1 Å². The molecule has 1 aromatic carbocycles. The minimum absolute atomic E-state index is 0.147. The molecule has 27 heavy (non-hydrogen) atoms. The molecule has 0 bridgehead atoms. The number of nitrogens with one attached hydrogen (secondary N) is 1. The largest absolute Gasteiger partial charge is 0.478 e. The number of anilines is 1. The summed E-state index contributed by atoms with van der Waals surface area (Å²) in [7, 11) is 0. The molecule has 1 heterocycles. The number of dihydropyridines is 1. The first-order chi connectivity index (χ1) is 12.8. The van der Waals surface area contributed by atoms with Gasteiger partial charge in [-0.3, -0.25) is 0 Å². The number of hydrogen-bond donors (Lipinski definition) is 3. The van der Waals surface area contributed by atoms with Gasteiger partial charge < -0.3 is 16.2 Å². The van der Waals surface area contributed by atoms with Crippen LogP contribution in [0.5, 0.6) is 0 Å². The zero-order valence-corrected chi connectivity index (χ0v) is 15.5. The molecule has 4 nitrogen and oxygen atoms in total. The van der Waals surface area contributed by atoms with E-state index in [1.807, 2.05) is 6.92 Å². The molecule has 0 aromatic heterocycles. The molecule has 0 radical (unpaired) electrons. The molecule has 1 aromatic rings. The van der Waals surface area contributed by atoms with Crippen LogP contribution in [0, 0.1) is 5.92 Å². The zero-order chi connectivity index (χ0) is 19.7. The van der Waals surface area contributed by atoms with Gasteiger partial charge in [-0.05, 0) is 67.5 Å². The fraction of sp³-hybridized carbons (Fsp3) is 0.227. The van der Waals surface area contributed by atoms with E-state index in [9.17, 15) is 14.3 Å².